The number of benzene rings is 1. The van der Waals surface area contributed by atoms with Gasteiger partial charge in [0.25, 0.3) is 5.91 Å². The maximum absolute atomic E-state index is 13.1. The fourth-order valence-corrected chi connectivity index (χ4v) is 5.71. The van der Waals surface area contributed by atoms with Crippen molar-refractivity contribution < 1.29 is 13.2 Å². The Kier molecular flexibility index (Phi) is 6.24. The van der Waals surface area contributed by atoms with Crippen LogP contribution in [0.25, 0.3) is 0 Å². The highest BCUT2D eigenvalue weighted by Crippen LogP contribution is 2.30. The molecule has 0 radical (unpaired) electrons. The van der Waals surface area contributed by atoms with E-state index in [1.165, 1.54) is 0 Å². The molecule has 156 valence electrons. The fourth-order valence-electron chi connectivity index (χ4n) is 3.83. The Bertz CT molecular complexity index is 964. The van der Waals surface area contributed by atoms with Gasteiger partial charge in [-0.2, -0.15) is 4.31 Å². The summed E-state index contributed by atoms with van der Waals surface area (Å²) in [6.07, 6.45) is 4.42. The lowest BCUT2D eigenvalue weighted by Gasteiger charge is -2.37. The first kappa shape index (κ1) is 21.3. The van der Waals surface area contributed by atoms with Crippen LogP contribution in [-0.2, 0) is 10.0 Å². The molecule has 1 fully saturated rings. The third-order valence-electron chi connectivity index (χ3n) is 5.26. The van der Waals surface area contributed by atoms with Crippen LogP contribution in [0.1, 0.15) is 43.5 Å². The Hall–Kier alpha value is -2.45. The molecule has 1 amide bonds. The lowest BCUT2D eigenvalue weighted by Crippen LogP contribution is -2.47. The number of aromatic nitrogens is 1. The van der Waals surface area contributed by atoms with Gasteiger partial charge >= 0.3 is 0 Å². The summed E-state index contributed by atoms with van der Waals surface area (Å²) in [7, 11) is 0.0698. The molecule has 1 aromatic carbocycles. The number of piperidine rings is 1. The minimum absolute atomic E-state index is 0.0156. The van der Waals surface area contributed by atoms with Crippen molar-refractivity contribution in [2.24, 2.45) is 0 Å². The smallest absolute Gasteiger partial charge is 0.259 e. The first-order valence-electron chi connectivity index (χ1n) is 9.79. The van der Waals surface area contributed by atoms with E-state index in [-0.39, 0.29) is 22.9 Å². The van der Waals surface area contributed by atoms with Crippen LogP contribution in [0.15, 0.2) is 47.5 Å². The van der Waals surface area contributed by atoms with Gasteiger partial charge in [0.1, 0.15) is 5.82 Å². The lowest BCUT2D eigenvalue weighted by molar-refractivity contribution is 0.102. The van der Waals surface area contributed by atoms with Crippen molar-refractivity contribution in [3.63, 3.8) is 0 Å². The molecule has 0 saturated carbocycles. The highest BCUT2D eigenvalue weighted by Gasteiger charge is 2.35. The monoisotopic (exact) mass is 416 g/mol. The van der Waals surface area contributed by atoms with E-state index in [0.717, 1.165) is 19.3 Å². The van der Waals surface area contributed by atoms with E-state index in [0.29, 0.717) is 17.1 Å². The fraction of sp³-hybridized carbons (Fsp3) is 0.429. The number of carbonyl (C=O) groups is 1. The zero-order valence-electron chi connectivity index (χ0n) is 17.3. The van der Waals surface area contributed by atoms with Crippen LogP contribution in [0.3, 0.4) is 0 Å². The van der Waals surface area contributed by atoms with E-state index in [4.69, 9.17) is 0 Å². The predicted molar refractivity (Wildman–Crippen MR) is 115 cm³/mol. The number of nitrogens with one attached hydrogen (secondary N) is 1. The maximum atomic E-state index is 13.1. The SMILES string of the molecule is CC1CCCC(C)N1S(=O)(=O)c1ccc(NC(=O)c2cccnc2N(C)C)cc1. The summed E-state index contributed by atoms with van der Waals surface area (Å²) in [5.41, 5.74) is 0.979. The van der Waals surface area contributed by atoms with E-state index in [1.807, 2.05) is 27.9 Å². The lowest BCUT2D eigenvalue weighted by atomic mass is 10.0. The van der Waals surface area contributed by atoms with Crippen LogP contribution in [0.2, 0.25) is 0 Å². The average molecular weight is 417 g/mol. The Labute approximate surface area is 172 Å². The van der Waals surface area contributed by atoms with Crippen LogP contribution in [-0.4, -0.2) is 49.8 Å². The standard InChI is InChI=1S/C21H28N4O3S/c1-15-7-5-8-16(2)25(15)29(27,28)18-12-10-17(11-13-18)23-21(26)19-9-6-14-22-20(19)24(3)4/h6,9-16H,5,7-8H2,1-4H3,(H,23,26). The van der Waals surface area contributed by atoms with Gasteiger partial charge in [-0.05, 0) is 63.1 Å². The summed E-state index contributed by atoms with van der Waals surface area (Å²) in [6, 6.07) is 9.72. The van der Waals surface area contributed by atoms with E-state index in [1.54, 1.807) is 51.8 Å². The summed E-state index contributed by atoms with van der Waals surface area (Å²) < 4.78 is 27.8. The molecule has 2 heterocycles. The number of hydrogen-bond donors (Lipinski definition) is 1. The minimum atomic E-state index is -3.57. The third-order valence-corrected chi connectivity index (χ3v) is 7.40. The summed E-state index contributed by atoms with van der Waals surface area (Å²) >= 11 is 0. The summed E-state index contributed by atoms with van der Waals surface area (Å²) in [5.74, 6) is 0.271. The van der Waals surface area contributed by atoms with Gasteiger partial charge in [0.05, 0.1) is 10.5 Å². The van der Waals surface area contributed by atoms with E-state index in [9.17, 15) is 13.2 Å². The Morgan fingerprint density at radius 1 is 1.10 bits per heavy atom. The number of amides is 1. The first-order chi connectivity index (χ1) is 13.7. The molecule has 1 aliphatic heterocycles. The number of hydrogen-bond acceptors (Lipinski definition) is 5. The highest BCUT2D eigenvalue weighted by atomic mass is 32.2. The Morgan fingerprint density at radius 3 is 2.31 bits per heavy atom. The molecule has 0 spiro atoms. The van der Waals surface area contributed by atoms with Gasteiger partial charge in [0, 0.05) is 38.1 Å². The molecular weight excluding hydrogens is 388 g/mol. The van der Waals surface area contributed by atoms with Crippen molar-refractivity contribution in [3.8, 4) is 0 Å². The summed E-state index contributed by atoms with van der Waals surface area (Å²) in [5, 5.41) is 2.82. The topological polar surface area (TPSA) is 82.6 Å². The van der Waals surface area contributed by atoms with E-state index in [2.05, 4.69) is 10.3 Å². The third kappa shape index (κ3) is 4.43. The molecule has 0 bridgehead atoms. The van der Waals surface area contributed by atoms with Crippen molar-refractivity contribution in [3.05, 3.63) is 48.2 Å². The van der Waals surface area contributed by atoms with Gasteiger partial charge < -0.3 is 10.2 Å². The molecule has 2 aromatic rings. The van der Waals surface area contributed by atoms with Gasteiger partial charge in [-0.25, -0.2) is 13.4 Å². The molecule has 1 aliphatic rings. The van der Waals surface area contributed by atoms with Crippen molar-refractivity contribution >= 4 is 27.4 Å². The highest BCUT2D eigenvalue weighted by molar-refractivity contribution is 7.89. The molecule has 2 unspecified atom stereocenters. The normalized spacial score (nSPS) is 20.3. The van der Waals surface area contributed by atoms with E-state index >= 15 is 0 Å². The number of pyridine rings is 1. The van der Waals surface area contributed by atoms with Crippen LogP contribution in [0, 0.1) is 0 Å². The maximum Gasteiger partial charge on any atom is 0.259 e. The number of nitrogens with zero attached hydrogens (tertiary/aromatic N) is 3. The molecule has 1 N–H and O–H groups in total. The Balaban J connectivity index is 1.79. The second-order valence-electron chi connectivity index (χ2n) is 7.71. The second-order valence-corrected chi connectivity index (χ2v) is 9.55. The van der Waals surface area contributed by atoms with Crippen LogP contribution < -0.4 is 10.2 Å². The van der Waals surface area contributed by atoms with Crippen molar-refractivity contribution in [2.75, 3.05) is 24.3 Å². The number of rotatable bonds is 5. The van der Waals surface area contributed by atoms with Crippen LogP contribution >= 0.6 is 0 Å². The van der Waals surface area contributed by atoms with Gasteiger partial charge in [0.15, 0.2) is 0 Å². The average Bonchev–Trinajstić information content (AvgIpc) is 2.68. The summed E-state index contributed by atoms with van der Waals surface area (Å²) in [4.78, 5) is 18.9. The zero-order valence-corrected chi connectivity index (χ0v) is 18.1. The summed E-state index contributed by atoms with van der Waals surface area (Å²) in [6.45, 7) is 3.91. The van der Waals surface area contributed by atoms with Crippen molar-refractivity contribution in [2.45, 2.75) is 50.1 Å². The van der Waals surface area contributed by atoms with Crippen molar-refractivity contribution in [1.82, 2.24) is 9.29 Å². The van der Waals surface area contributed by atoms with Crippen LogP contribution in [0.5, 0.6) is 0 Å². The number of sulfonamides is 1. The van der Waals surface area contributed by atoms with Gasteiger partial charge in [0.2, 0.25) is 10.0 Å². The molecule has 3 rings (SSSR count). The molecular formula is C21H28N4O3S. The van der Waals surface area contributed by atoms with Crippen LogP contribution in [0.4, 0.5) is 11.5 Å². The number of anilines is 2. The molecule has 1 aromatic heterocycles. The zero-order chi connectivity index (χ0) is 21.2. The number of carbonyl (C=O) groups excluding carboxylic acids is 1. The molecule has 8 heteroatoms. The Morgan fingerprint density at radius 2 is 1.72 bits per heavy atom. The van der Waals surface area contributed by atoms with E-state index < -0.39 is 10.0 Å². The van der Waals surface area contributed by atoms with Crippen molar-refractivity contribution in [1.29, 1.82) is 0 Å². The van der Waals surface area contributed by atoms with Gasteiger partial charge in [-0.1, -0.05) is 6.42 Å². The molecule has 7 nitrogen and oxygen atoms in total. The van der Waals surface area contributed by atoms with Gasteiger partial charge in [-0.15, -0.1) is 0 Å². The largest absolute Gasteiger partial charge is 0.362 e. The predicted octanol–water partition coefficient (Wildman–Crippen LogP) is 3.35. The minimum Gasteiger partial charge on any atom is -0.362 e. The second kappa shape index (κ2) is 8.51. The molecule has 29 heavy (non-hydrogen) atoms. The molecule has 0 aliphatic carbocycles. The first-order valence-corrected chi connectivity index (χ1v) is 11.2. The quantitative estimate of drug-likeness (QED) is 0.808. The molecule has 2 atom stereocenters. The molecule has 1 saturated heterocycles. The van der Waals surface area contributed by atoms with Gasteiger partial charge in [-0.3, -0.25) is 4.79 Å².